The van der Waals surface area contributed by atoms with E-state index in [2.05, 4.69) is 89.1 Å². The monoisotopic (exact) mass is 467 g/mol. The summed E-state index contributed by atoms with van der Waals surface area (Å²) in [6.45, 7) is 15.3. The van der Waals surface area contributed by atoms with Gasteiger partial charge in [0.2, 0.25) is 0 Å². The highest BCUT2D eigenvalue weighted by atomic mass is 16.5. The third-order valence-electron chi connectivity index (χ3n) is 7.02. The molecule has 0 radical (unpaired) electrons. The molecule has 2 aromatic carbocycles. The molecule has 2 aromatic heterocycles. The Hall–Kier alpha value is -3.40. The van der Waals surface area contributed by atoms with Gasteiger partial charge in [-0.25, -0.2) is 4.68 Å². The van der Waals surface area contributed by atoms with Crippen molar-refractivity contribution in [1.29, 1.82) is 0 Å². The van der Waals surface area contributed by atoms with Crippen LogP contribution in [0.1, 0.15) is 75.7 Å². The van der Waals surface area contributed by atoms with Gasteiger partial charge in [-0.2, -0.15) is 5.10 Å². The molecule has 0 aliphatic heterocycles. The van der Waals surface area contributed by atoms with Gasteiger partial charge in [0.15, 0.2) is 0 Å². The number of nitrogens with zero attached hydrogens (tertiary/aromatic N) is 3. The quantitative estimate of drug-likeness (QED) is 0.276. The van der Waals surface area contributed by atoms with Gasteiger partial charge >= 0.3 is 0 Å². The second-order valence-electron chi connectivity index (χ2n) is 10.4. The van der Waals surface area contributed by atoms with Gasteiger partial charge in [-0.05, 0) is 85.7 Å². The van der Waals surface area contributed by atoms with E-state index in [9.17, 15) is 0 Å². The molecule has 0 fully saturated rings. The van der Waals surface area contributed by atoms with E-state index in [1.165, 1.54) is 11.1 Å². The predicted molar refractivity (Wildman–Crippen MR) is 144 cm³/mol. The molecule has 4 rings (SSSR count). The SMILES string of the molecule is CCC(CC)(c1cccc(Oc2cccc(-n3nc(C)cc3C)c2)c1)c1cc(C(C)(C)C)ccn1. The second-order valence-corrected chi connectivity index (χ2v) is 10.4. The van der Waals surface area contributed by atoms with Crippen molar-refractivity contribution in [1.82, 2.24) is 14.8 Å². The van der Waals surface area contributed by atoms with Crippen molar-refractivity contribution in [2.24, 2.45) is 0 Å². The maximum Gasteiger partial charge on any atom is 0.129 e. The average molecular weight is 468 g/mol. The van der Waals surface area contributed by atoms with Gasteiger partial charge in [-0.1, -0.05) is 52.8 Å². The van der Waals surface area contributed by atoms with E-state index < -0.39 is 0 Å². The first kappa shape index (κ1) is 24.7. The van der Waals surface area contributed by atoms with Gasteiger partial charge in [0.25, 0.3) is 0 Å². The molecule has 0 aliphatic rings. The number of hydrogen-bond acceptors (Lipinski definition) is 3. The summed E-state index contributed by atoms with van der Waals surface area (Å²) in [4.78, 5) is 4.86. The second kappa shape index (κ2) is 9.69. The lowest BCUT2D eigenvalue weighted by molar-refractivity contribution is 0.451. The molecule has 0 unspecified atom stereocenters. The van der Waals surface area contributed by atoms with Gasteiger partial charge < -0.3 is 4.74 Å². The lowest BCUT2D eigenvalue weighted by atomic mass is 9.72. The molecular weight excluding hydrogens is 430 g/mol. The van der Waals surface area contributed by atoms with Crippen molar-refractivity contribution >= 4 is 0 Å². The molecule has 2 heterocycles. The van der Waals surface area contributed by atoms with E-state index >= 15 is 0 Å². The summed E-state index contributed by atoms with van der Waals surface area (Å²) in [6, 6.07) is 23.1. The summed E-state index contributed by atoms with van der Waals surface area (Å²) < 4.78 is 8.31. The lowest BCUT2D eigenvalue weighted by Gasteiger charge is -2.33. The third-order valence-corrected chi connectivity index (χ3v) is 7.02. The Labute approximate surface area is 210 Å². The van der Waals surface area contributed by atoms with Gasteiger partial charge in [0.1, 0.15) is 11.5 Å². The molecule has 0 bridgehead atoms. The summed E-state index contributed by atoms with van der Waals surface area (Å²) in [6.07, 6.45) is 3.88. The maximum absolute atomic E-state index is 6.36. The standard InChI is InChI=1S/C31H37N3O/c1-8-31(9-2,29-20-24(16-17-32-29)30(5,6)7)25-12-10-14-27(19-25)35-28-15-11-13-26(21-28)34-23(4)18-22(3)33-34/h10-21H,8-9H2,1-7H3. The van der Waals surface area contributed by atoms with Crippen LogP contribution in [0.4, 0.5) is 0 Å². The van der Waals surface area contributed by atoms with Crippen LogP contribution in [0.5, 0.6) is 11.5 Å². The summed E-state index contributed by atoms with van der Waals surface area (Å²) in [5, 5.41) is 4.61. The smallest absolute Gasteiger partial charge is 0.129 e. The van der Waals surface area contributed by atoms with Gasteiger partial charge in [-0.3, -0.25) is 4.98 Å². The van der Waals surface area contributed by atoms with Crippen LogP contribution in [0, 0.1) is 13.8 Å². The highest BCUT2D eigenvalue weighted by molar-refractivity contribution is 5.45. The Morgan fingerprint density at radius 3 is 2.11 bits per heavy atom. The highest BCUT2D eigenvalue weighted by Crippen LogP contribution is 2.40. The van der Waals surface area contributed by atoms with E-state index in [-0.39, 0.29) is 10.8 Å². The highest BCUT2D eigenvalue weighted by Gasteiger charge is 2.33. The number of hydrogen-bond donors (Lipinski definition) is 0. The van der Waals surface area contributed by atoms with Crippen LogP contribution >= 0.6 is 0 Å². The third kappa shape index (κ3) is 5.02. The fraction of sp³-hybridized carbons (Fsp3) is 0.355. The number of rotatable bonds is 7. The first-order chi connectivity index (χ1) is 16.7. The first-order valence-electron chi connectivity index (χ1n) is 12.6. The average Bonchev–Trinajstić information content (AvgIpc) is 3.18. The number of pyridine rings is 1. The Morgan fingerprint density at radius 1 is 0.800 bits per heavy atom. The molecule has 0 N–H and O–H groups in total. The Bertz CT molecular complexity index is 1310. The van der Waals surface area contributed by atoms with Crippen LogP contribution in [0.15, 0.2) is 72.9 Å². The molecule has 4 nitrogen and oxygen atoms in total. The Balaban J connectivity index is 1.69. The van der Waals surface area contributed by atoms with Crippen LogP contribution in [-0.4, -0.2) is 14.8 Å². The molecule has 182 valence electrons. The van der Waals surface area contributed by atoms with Crippen LogP contribution in [0.2, 0.25) is 0 Å². The number of aryl methyl sites for hydroxylation is 2. The Morgan fingerprint density at radius 2 is 1.49 bits per heavy atom. The van der Waals surface area contributed by atoms with E-state index in [1.54, 1.807) is 0 Å². The lowest BCUT2D eigenvalue weighted by Crippen LogP contribution is -2.28. The molecular formula is C31H37N3O. The van der Waals surface area contributed by atoms with E-state index in [1.807, 2.05) is 42.1 Å². The fourth-order valence-corrected chi connectivity index (χ4v) is 4.89. The minimum atomic E-state index is -0.174. The van der Waals surface area contributed by atoms with Crippen LogP contribution in [0.25, 0.3) is 5.69 Å². The van der Waals surface area contributed by atoms with Crippen LogP contribution in [0.3, 0.4) is 0 Å². The molecule has 0 atom stereocenters. The minimum absolute atomic E-state index is 0.0758. The van der Waals surface area contributed by atoms with Crippen molar-refractivity contribution in [3.8, 4) is 17.2 Å². The molecule has 0 saturated heterocycles. The number of aromatic nitrogens is 3. The summed E-state index contributed by atoms with van der Waals surface area (Å²) in [7, 11) is 0. The fourth-order valence-electron chi connectivity index (χ4n) is 4.89. The topological polar surface area (TPSA) is 39.9 Å². The zero-order chi connectivity index (χ0) is 25.2. The largest absolute Gasteiger partial charge is 0.457 e. The van der Waals surface area contributed by atoms with Gasteiger partial charge in [0.05, 0.1) is 17.1 Å². The van der Waals surface area contributed by atoms with Crippen LogP contribution in [-0.2, 0) is 10.8 Å². The minimum Gasteiger partial charge on any atom is -0.457 e. The Kier molecular flexibility index (Phi) is 6.84. The van der Waals surface area contributed by atoms with E-state index in [0.717, 1.165) is 47.1 Å². The molecule has 0 saturated carbocycles. The number of benzene rings is 2. The van der Waals surface area contributed by atoms with Crippen molar-refractivity contribution in [2.75, 3.05) is 0 Å². The molecule has 4 heteroatoms. The molecule has 0 spiro atoms. The molecule has 0 aliphatic carbocycles. The van der Waals surface area contributed by atoms with Gasteiger partial charge in [0, 0.05) is 23.4 Å². The molecule has 35 heavy (non-hydrogen) atoms. The van der Waals surface area contributed by atoms with Crippen molar-refractivity contribution in [2.45, 2.75) is 72.1 Å². The maximum atomic E-state index is 6.36. The molecule has 4 aromatic rings. The summed E-state index contributed by atoms with van der Waals surface area (Å²) in [5.74, 6) is 1.62. The van der Waals surface area contributed by atoms with Gasteiger partial charge in [-0.15, -0.1) is 0 Å². The predicted octanol–water partition coefficient (Wildman–Crippen LogP) is 8.08. The molecule has 0 amide bonds. The van der Waals surface area contributed by atoms with Crippen molar-refractivity contribution < 1.29 is 4.74 Å². The van der Waals surface area contributed by atoms with Crippen molar-refractivity contribution in [3.05, 3.63) is 101 Å². The first-order valence-corrected chi connectivity index (χ1v) is 12.6. The van der Waals surface area contributed by atoms with Crippen molar-refractivity contribution in [3.63, 3.8) is 0 Å². The zero-order valence-electron chi connectivity index (χ0n) is 22.1. The summed E-state index contributed by atoms with van der Waals surface area (Å²) >= 11 is 0. The normalized spacial score (nSPS) is 12.1. The summed E-state index contributed by atoms with van der Waals surface area (Å²) in [5.41, 5.74) is 6.65. The zero-order valence-corrected chi connectivity index (χ0v) is 22.1. The van der Waals surface area contributed by atoms with E-state index in [4.69, 9.17) is 9.72 Å². The van der Waals surface area contributed by atoms with E-state index in [0.29, 0.717) is 0 Å². The van der Waals surface area contributed by atoms with Crippen LogP contribution < -0.4 is 4.74 Å². The number of ether oxygens (including phenoxy) is 1.